The van der Waals surface area contributed by atoms with Crippen molar-refractivity contribution in [3.05, 3.63) is 23.8 Å². The molecule has 0 aromatic heterocycles. The minimum Gasteiger partial charge on any atom is -0.398 e. The van der Waals surface area contributed by atoms with Gasteiger partial charge >= 0.3 is 0 Å². The Morgan fingerprint density at radius 2 is 1.94 bits per heavy atom. The number of nitrogen functional groups attached to an aromatic ring is 1. The summed E-state index contributed by atoms with van der Waals surface area (Å²) < 4.78 is 5.44. The Morgan fingerprint density at radius 1 is 1.24 bits per heavy atom. The van der Waals surface area contributed by atoms with E-state index in [1.807, 2.05) is 0 Å². The third kappa shape index (κ3) is 1.89. The first-order valence-electron chi connectivity index (χ1n) is 6.37. The standard InChI is InChI=1S/C14H20N2O/c1-11-2-3-12(8-13(11)15)16-9-14(10-16)4-6-17-7-5-14/h2-3,8H,4-7,9-10,15H2,1H3. The van der Waals surface area contributed by atoms with Crippen LogP contribution in [0.4, 0.5) is 11.4 Å². The molecule has 1 aromatic rings. The van der Waals surface area contributed by atoms with Gasteiger partial charge in [-0.2, -0.15) is 0 Å². The van der Waals surface area contributed by atoms with Crippen LogP contribution >= 0.6 is 0 Å². The van der Waals surface area contributed by atoms with Gasteiger partial charge in [0, 0.05) is 43.1 Å². The van der Waals surface area contributed by atoms with Gasteiger partial charge in [-0.15, -0.1) is 0 Å². The fraction of sp³-hybridized carbons (Fsp3) is 0.571. The maximum Gasteiger partial charge on any atom is 0.0472 e. The molecule has 0 bridgehead atoms. The molecule has 0 unspecified atom stereocenters. The second kappa shape index (κ2) is 3.91. The van der Waals surface area contributed by atoms with Gasteiger partial charge < -0.3 is 15.4 Å². The van der Waals surface area contributed by atoms with Crippen molar-refractivity contribution in [3.8, 4) is 0 Å². The zero-order chi connectivity index (χ0) is 11.9. The summed E-state index contributed by atoms with van der Waals surface area (Å²) in [4.78, 5) is 2.43. The van der Waals surface area contributed by atoms with Crippen LogP contribution < -0.4 is 10.6 Å². The average molecular weight is 232 g/mol. The molecule has 3 nitrogen and oxygen atoms in total. The highest BCUT2D eigenvalue weighted by atomic mass is 16.5. The van der Waals surface area contributed by atoms with Crippen molar-refractivity contribution < 1.29 is 4.74 Å². The summed E-state index contributed by atoms with van der Waals surface area (Å²) in [5.41, 5.74) is 9.82. The molecule has 2 N–H and O–H groups in total. The smallest absolute Gasteiger partial charge is 0.0472 e. The number of aryl methyl sites for hydroxylation is 1. The van der Waals surface area contributed by atoms with Crippen LogP contribution in [-0.2, 0) is 4.74 Å². The number of benzene rings is 1. The third-order valence-corrected chi connectivity index (χ3v) is 4.23. The van der Waals surface area contributed by atoms with Crippen molar-refractivity contribution in [2.24, 2.45) is 5.41 Å². The highest BCUT2D eigenvalue weighted by molar-refractivity contribution is 5.61. The number of anilines is 2. The van der Waals surface area contributed by atoms with E-state index in [0.29, 0.717) is 5.41 Å². The van der Waals surface area contributed by atoms with E-state index in [0.717, 1.165) is 24.5 Å². The van der Waals surface area contributed by atoms with E-state index in [4.69, 9.17) is 10.5 Å². The number of ether oxygens (including phenoxy) is 1. The van der Waals surface area contributed by atoms with E-state index in [1.165, 1.54) is 31.6 Å². The Kier molecular flexibility index (Phi) is 2.51. The van der Waals surface area contributed by atoms with Crippen molar-refractivity contribution in [2.45, 2.75) is 19.8 Å². The predicted octanol–water partition coefficient (Wildman–Crippen LogP) is 2.19. The summed E-state index contributed by atoms with van der Waals surface area (Å²) in [6, 6.07) is 6.39. The molecule has 2 aliphatic rings. The lowest BCUT2D eigenvalue weighted by atomic mass is 9.73. The van der Waals surface area contributed by atoms with Gasteiger partial charge in [0.1, 0.15) is 0 Å². The molecule has 0 amide bonds. The number of nitrogens with two attached hydrogens (primary N) is 1. The molecule has 92 valence electrons. The minimum atomic E-state index is 0.526. The van der Waals surface area contributed by atoms with Crippen LogP contribution in [0.1, 0.15) is 18.4 Å². The van der Waals surface area contributed by atoms with Crippen molar-refractivity contribution in [2.75, 3.05) is 36.9 Å². The largest absolute Gasteiger partial charge is 0.398 e. The number of hydrogen-bond donors (Lipinski definition) is 1. The van der Waals surface area contributed by atoms with Gasteiger partial charge in [0.05, 0.1) is 0 Å². The van der Waals surface area contributed by atoms with E-state index >= 15 is 0 Å². The molecule has 1 spiro atoms. The summed E-state index contributed by atoms with van der Waals surface area (Å²) in [6.45, 7) is 6.25. The Labute approximate surface area is 103 Å². The second-order valence-corrected chi connectivity index (χ2v) is 5.51. The summed E-state index contributed by atoms with van der Waals surface area (Å²) in [5.74, 6) is 0. The lowest BCUT2D eigenvalue weighted by molar-refractivity contribution is -0.000188. The zero-order valence-corrected chi connectivity index (χ0v) is 10.4. The van der Waals surface area contributed by atoms with Crippen LogP contribution in [0.5, 0.6) is 0 Å². The highest BCUT2D eigenvalue weighted by Crippen LogP contribution is 2.42. The first-order chi connectivity index (χ1) is 8.19. The molecule has 17 heavy (non-hydrogen) atoms. The molecular weight excluding hydrogens is 212 g/mol. The van der Waals surface area contributed by atoms with Gasteiger partial charge in [-0.25, -0.2) is 0 Å². The fourth-order valence-corrected chi connectivity index (χ4v) is 2.89. The first-order valence-corrected chi connectivity index (χ1v) is 6.37. The molecule has 2 aliphatic heterocycles. The maximum absolute atomic E-state index is 5.96. The Balaban J connectivity index is 1.70. The predicted molar refractivity (Wildman–Crippen MR) is 70.3 cm³/mol. The number of hydrogen-bond acceptors (Lipinski definition) is 3. The quantitative estimate of drug-likeness (QED) is 0.754. The molecule has 2 heterocycles. The molecule has 3 rings (SSSR count). The lowest BCUT2D eigenvalue weighted by Gasteiger charge is -2.53. The van der Waals surface area contributed by atoms with Crippen molar-refractivity contribution in [3.63, 3.8) is 0 Å². The molecule has 2 fully saturated rings. The van der Waals surface area contributed by atoms with Crippen LogP contribution in [0.25, 0.3) is 0 Å². The summed E-state index contributed by atoms with van der Waals surface area (Å²) >= 11 is 0. The summed E-state index contributed by atoms with van der Waals surface area (Å²) in [6.07, 6.45) is 2.43. The van der Waals surface area contributed by atoms with Crippen LogP contribution in [0, 0.1) is 12.3 Å². The molecule has 2 saturated heterocycles. The zero-order valence-electron chi connectivity index (χ0n) is 10.4. The monoisotopic (exact) mass is 232 g/mol. The lowest BCUT2D eigenvalue weighted by Crippen LogP contribution is -2.58. The van der Waals surface area contributed by atoms with Crippen molar-refractivity contribution in [1.29, 1.82) is 0 Å². The first kappa shape index (κ1) is 10.9. The SMILES string of the molecule is Cc1ccc(N2CC3(CCOCC3)C2)cc1N. The minimum absolute atomic E-state index is 0.526. The maximum atomic E-state index is 5.96. The van der Waals surface area contributed by atoms with Crippen LogP contribution in [0.3, 0.4) is 0 Å². The Hall–Kier alpha value is -1.22. The molecular formula is C14H20N2O. The van der Waals surface area contributed by atoms with Gasteiger partial charge in [0.15, 0.2) is 0 Å². The van der Waals surface area contributed by atoms with Gasteiger partial charge in [-0.1, -0.05) is 6.07 Å². The fourth-order valence-electron chi connectivity index (χ4n) is 2.89. The van der Waals surface area contributed by atoms with E-state index in [1.54, 1.807) is 0 Å². The second-order valence-electron chi connectivity index (χ2n) is 5.51. The van der Waals surface area contributed by atoms with Crippen LogP contribution in [-0.4, -0.2) is 26.3 Å². The number of rotatable bonds is 1. The van der Waals surface area contributed by atoms with E-state index < -0.39 is 0 Å². The molecule has 0 saturated carbocycles. The van der Waals surface area contributed by atoms with Gasteiger partial charge in [-0.3, -0.25) is 0 Å². The Morgan fingerprint density at radius 3 is 2.59 bits per heavy atom. The summed E-state index contributed by atoms with van der Waals surface area (Å²) in [5, 5.41) is 0. The average Bonchev–Trinajstić information content (AvgIpc) is 2.31. The normalized spacial score (nSPS) is 22.5. The van der Waals surface area contributed by atoms with E-state index in [-0.39, 0.29) is 0 Å². The van der Waals surface area contributed by atoms with Crippen molar-refractivity contribution in [1.82, 2.24) is 0 Å². The molecule has 0 atom stereocenters. The molecule has 1 aromatic carbocycles. The topological polar surface area (TPSA) is 38.5 Å². The van der Waals surface area contributed by atoms with Crippen LogP contribution in [0.2, 0.25) is 0 Å². The third-order valence-electron chi connectivity index (χ3n) is 4.23. The van der Waals surface area contributed by atoms with Gasteiger partial charge in [0.25, 0.3) is 0 Å². The Bertz CT molecular complexity index is 416. The van der Waals surface area contributed by atoms with Gasteiger partial charge in [-0.05, 0) is 37.5 Å². The van der Waals surface area contributed by atoms with E-state index in [2.05, 4.69) is 30.0 Å². The summed E-state index contributed by atoms with van der Waals surface area (Å²) in [7, 11) is 0. The number of nitrogens with zero attached hydrogens (tertiary/aromatic N) is 1. The van der Waals surface area contributed by atoms with E-state index in [9.17, 15) is 0 Å². The van der Waals surface area contributed by atoms with Crippen LogP contribution in [0.15, 0.2) is 18.2 Å². The molecule has 0 radical (unpaired) electrons. The molecule has 0 aliphatic carbocycles. The van der Waals surface area contributed by atoms with Crippen molar-refractivity contribution >= 4 is 11.4 Å². The molecule has 3 heteroatoms. The van der Waals surface area contributed by atoms with Gasteiger partial charge in [0.2, 0.25) is 0 Å². The highest BCUT2D eigenvalue weighted by Gasteiger charge is 2.43.